The van der Waals surface area contributed by atoms with Crippen molar-refractivity contribution < 1.29 is 23.4 Å². The fourth-order valence-corrected chi connectivity index (χ4v) is 6.93. The summed E-state index contributed by atoms with van der Waals surface area (Å²) in [5, 5.41) is 7.49. The van der Waals surface area contributed by atoms with Crippen molar-refractivity contribution in [2.75, 3.05) is 52.8 Å². The second-order valence-corrected chi connectivity index (χ2v) is 12.9. The fraction of sp³-hybridized carbons (Fsp3) is 0.368. The van der Waals surface area contributed by atoms with E-state index < -0.39 is 0 Å². The van der Waals surface area contributed by atoms with Crippen LogP contribution in [0.2, 0.25) is 5.02 Å². The minimum absolute atomic E-state index is 0.0757. The highest BCUT2D eigenvalue weighted by atomic mass is 35.5. The molecule has 0 bridgehead atoms. The number of ether oxygens (including phenoxy) is 3. The fourth-order valence-electron chi connectivity index (χ4n) is 6.73. The van der Waals surface area contributed by atoms with E-state index in [-0.39, 0.29) is 11.8 Å². The smallest absolute Gasteiger partial charge is 0.251 e. The van der Waals surface area contributed by atoms with E-state index in [9.17, 15) is 4.79 Å². The molecule has 5 aromatic rings. The van der Waals surface area contributed by atoms with Crippen LogP contribution < -0.4 is 24.8 Å². The predicted octanol–water partition coefficient (Wildman–Crippen LogP) is 7.21. The minimum atomic E-state index is -0.200. The molecular weight excluding hydrogens is 642 g/mol. The standard InChI is InChI=1S/C38H44ClN5O5/c1-24-31(22-33(46-2)36(48-4)35(24)47-3)37(45)40-23-27(25-8-5-10-28(39)20-25)13-16-44-17-14-29(15-18-44)41-38-42-32-12-6-9-26(34(32)43-38)21-30-11-7-19-49-30/h5-12,19-20,22,27,29H,13-18,21,23H2,1-4H3,(H,40,45)(H2,41,42,43). The highest BCUT2D eigenvalue weighted by molar-refractivity contribution is 6.30. The number of hydrogen-bond acceptors (Lipinski definition) is 8. The van der Waals surface area contributed by atoms with Crippen LogP contribution in [0.3, 0.4) is 0 Å². The number of carbonyl (C=O) groups excluding carboxylic acids is 1. The maximum Gasteiger partial charge on any atom is 0.251 e. The number of H-pyrrole nitrogens is 1. The summed E-state index contributed by atoms with van der Waals surface area (Å²) in [6.45, 7) is 5.16. The predicted molar refractivity (Wildman–Crippen MR) is 193 cm³/mol. The SMILES string of the molecule is COc1cc(C(=O)NCC(CCN2CCC(Nc3nc4c(Cc5ccco5)cccc4[nH]3)CC2)c2cccc(Cl)c2)c(C)c(OC)c1OC. The van der Waals surface area contributed by atoms with Crippen LogP contribution in [0.25, 0.3) is 11.0 Å². The van der Waals surface area contributed by atoms with Crippen molar-refractivity contribution in [2.45, 2.75) is 44.6 Å². The number of imidazole rings is 1. The Balaban J connectivity index is 1.06. The second-order valence-electron chi connectivity index (χ2n) is 12.5. The zero-order valence-electron chi connectivity index (χ0n) is 28.5. The van der Waals surface area contributed by atoms with Gasteiger partial charge >= 0.3 is 0 Å². The second kappa shape index (κ2) is 15.7. The van der Waals surface area contributed by atoms with Gasteiger partial charge in [-0.05, 0) is 80.3 Å². The number of nitrogens with one attached hydrogen (secondary N) is 3. The first kappa shape index (κ1) is 34.2. The van der Waals surface area contributed by atoms with Crippen molar-refractivity contribution in [3.63, 3.8) is 0 Å². The van der Waals surface area contributed by atoms with Crippen molar-refractivity contribution in [1.29, 1.82) is 0 Å². The van der Waals surface area contributed by atoms with Gasteiger partial charge in [0.25, 0.3) is 5.91 Å². The maximum absolute atomic E-state index is 13.5. The molecule has 1 unspecified atom stereocenters. The lowest BCUT2D eigenvalue weighted by atomic mass is 9.94. The van der Waals surface area contributed by atoms with E-state index in [2.05, 4.69) is 44.8 Å². The molecule has 2 aromatic heterocycles. The molecule has 1 aliphatic heterocycles. The molecule has 1 atom stereocenters. The Morgan fingerprint density at radius 1 is 1.04 bits per heavy atom. The summed E-state index contributed by atoms with van der Waals surface area (Å²) in [4.78, 5) is 24.4. The summed E-state index contributed by atoms with van der Waals surface area (Å²) >= 11 is 6.40. The topological polar surface area (TPSA) is 114 Å². The van der Waals surface area contributed by atoms with E-state index in [0.717, 1.165) is 72.8 Å². The Morgan fingerprint density at radius 3 is 2.55 bits per heavy atom. The van der Waals surface area contributed by atoms with Crippen LogP contribution in [0.5, 0.6) is 17.2 Å². The number of nitrogens with zero attached hydrogens (tertiary/aromatic N) is 2. The van der Waals surface area contributed by atoms with Crippen LogP contribution in [0.4, 0.5) is 5.95 Å². The number of rotatable bonds is 14. The number of aromatic nitrogens is 2. The van der Waals surface area contributed by atoms with Gasteiger partial charge in [-0.25, -0.2) is 4.98 Å². The molecule has 3 heterocycles. The number of aromatic amines is 1. The normalized spacial score (nSPS) is 14.5. The number of methoxy groups -OCH3 is 3. The van der Waals surface area contributed by atoms with Gasteiger partial charge in [0, 0.05) is 54.2 Å². The third kappa shape index (κ3) is 7.98. The number of likely N-dealkylation sites (tertiary alicyclic amines) is 1. The number of piperidine rings is 1. The summed E-state index contributed by atoms with van der Waals surface area (Å²) in [5.41, 5.74) is 5.39. The Hall–Kier alpha value is -4.67. The molecule has 0 saturated carbocycles. The monoisotopic (exact) mass is 685 g/mol. The number of halogens is 1. The quantitative estimate of drug-likeness (QED) is 0.112. The molecule has 0 radical (unpaired) electrons. The third-order valence-electron chi connectivity index (χ3n) is 9.42. The van der Waals surface area contributed by atoms with E-state index in [1.54, 1.807) is 33.7 Å². The molecule has 49 heavy (non-hydrogen) atoms. The number of furan rings is 1. The van der Waals surface area contributed by atoms with Crippen LogP contribution in [0.15, 0.2) is 71.3 Å². The summed E-state index contributed by atoms with van der Waals surface area (Å²) < 4.78 is 22.1. The number of anilines is 1. The molecule has 1 amide bonds. The molecule has 0 spiro atoms. The number of amides is 1. The number of hydrogen-bond donors (Lipinski definition) is 3. The maximum atomic E-state index is 13.5. The van der Waals surface area contributed by atoms with Gasteiger partial charge in [0.15, 0.2) is 11.5 Å². The first-order chi connectivity index (χ1) is 23.9. The average Bonchev–Trinajstić information content (AvgIpc) is 3.78. The lowest BCUT2D eigenvalue weighted by molar-refractivity contribution is 0.0948. The highest BCUT2D eigenvalue weighted by Crippen LogP contribution is 2.41. The molecule has 1 aliphatic rings. The number of fused-ring (bicyclic) bond motifs is 1. The van der Waals surface area contributed by atoms with Crippen LogP contribution in [-0.2, 0) is 6.42 Å². The highest BCUT2D eigenvalue weighted by Gasteiger charge is 2.25. The van der Waals surface area contributed by atoms with Crippen LogP contribution in [0, 0.1) is 6.92 Å². The van der Waals surface area contributed by atoms with Gasteiger partial charge < -0.3 is 39.1 Å². The van der Waals surface area contributed by atoms with Gasteiger partial charge in [0.05, 0.1) is 38.6 Å². The Morgan fingerprint density at radius 2 is 1.84 bits per heavy atom. The molecule has 11 heteroatoms. The first-order valence-electron chi connectivity index (χ1n) is 16.7. The largest absolute Gasteiger partial charge is 0.493 e. The molecule has 10 nitrogen and oxygen atoms in total. The average molecular weight is 686 g/mol. The van der Waals surface area contributed by atoms with Crippen LogP contribution in [0.1, 0.15) is 58.0 Å². The molecule has 1 fully saturated rings. The van der Waals surface area contributed by atoms with Gasteiger partial charge in [0.2, 0.25) is 11.7 Å². The summed E-state index contributed by atoms with van der Waals surface area (Å²) in [6.07, 6.45) is 5.30. The molecule has 0 aliphatic carbocycles. The Bertz CT molecular complexity index is 1870. The van der Waals surface area contributed by atoms with Crippen LogP contribution in [-0.4, -0.2) is 74.3 Å². The molecule has 3 aromatic carbocycles. The lowest BCUT2D eigenvalue weighted by Crippen LogP contribution is -2.40. The van der Waals surface area contributed by atoms with E-state index in [1.165, 1.54) is 0 Å². The van der Waals surface area contributed by atoms with Gasteiger partial charge in [-0.15, -0.1) is 0 Å². The molecule has 6 rings (SSSR count). The van der Waals surface area contributed by atoms with E-state index in [4.69, 9.17) is 35.2 Å². The first-order valence-corrected chi connectivity index (χ1v) is 17.1. The molecular formula is C38H44ClN5O5. The summed E-state index contributed by atoms with van der Waals surface area (Å²) in [6, 6.07) is 20.1. The van der Waals surface area contributed by atoms with Crippen molar-refractivity contribution in [3.05, 3.63) is 100.0 Å². The van der Waals surface area contributed by atoms with Gasteiger partial charge in [-0.3, -0.25) is 4.79 Å². The Labute approximate surface area is 292 Å². The Kier molecular flexibility index (Phi) is 11.0. The lowest BCUT2D eigenvalue weighted by Gasteiger charge is -2.33. The zero-order valence-corrected chi connectivity index (χ0v) is 29.2. The van der Waals surface area contributed by atoms with E-state index in [0.29, 0.717) is 52.4 Å². The number of benzene rings is 3. The van der Waals surface area contributed by atoms with Gasteiger partial charge in [-0.1, -0.05) is 35.9 Å². The van der Waals surface area contributed by atoms with Crippen molar-refractivity contribution >= 4 is 34.5 Å². The van der Waals surface area contributed by atoms with Crippen molar-refractivity contribution in [1.82, 2.24) is 20.2 Å². The molecule has 3 N–H and O–H groups in total. The van der Waals surface area contributed by atoms with E-state index >= 15 is 0 Å². The van der Waals surface area contributed by atoms with Crippen LogP contribution >= 0.6 is 11.6 Å². The van der Waals surface area contributed by atoms with Gasteiger partial charge in [0.1, 0.15) is 5.76 Å². The third-order valence-corrected chi connectivity index (χ3v) is 9.65. The summed E-state index contributed by atoms with van der Waals surface area (Å²) in [5.74, 6) is 2.98. The number of carbonyl (C=O) groups is 1. The zero-order chi connectivity index (χ0) is 34.3. The van der Waals surface area contributed by atoms with E-state index in [1.807, 2.05) is 37.3 Å². The van der Waals surface area contributed by atoms with Gasteiger partial charge in [-0.2, -0.15) is 0 Å². The molecule has 258 valence electrons. The van der Waals surface area contributed by atoms with Crippen molar-refractivity contribution in [3.8, 4) is 17.2 Å². The number of para-hydroxylation sites is 1. The minimum Gasteiger partial charge on any atom is -0.493 e. The summed E-state index contributed by atoms with van der Waals surface area (Å²) in [7, 11) is 4.65. The van der Waals surface area contributed by atoms with Crippen molar-refractivity contribution in [2.24, 2.45) is 0 Å². The molecule has 1 saturated heterocycles.